The van der Waals surface area contributed by atoms with Crippen LogP contribution in [0.4, 0.5) is 26.3 Å². The molecule has 0 rings (SSSR count). The Morgan fingerprint density at radius 1 is 1.00 bits per heavy atom. The van der Waals surface area contributed by atoms with E-state index in [1.165, 1.54) is 0 Å². The third-order valence-corrected chi connectivity index (χ3v) is 1.07. The number of hydrogen-bond acceptors (Lipinski definition) is 1. The summed E-state index contributed by atoms with van der Waals surface area (Å²) in [6.45, 7) is 0.393. The third-order valence-electron chi connectivity index (χ3n) is 1.07. The molecule has 0 radical (unpaired) electrons. The van der Waals surface area contributed by atoms with Crippen molar-refractivity contribution in [2.75, 3.05) is 0 Å². The summed E-state index contributed by atoms with van der Waals surface area (Å²) in [5.41, 5.74) is -1.57. The largest absolute Gasteiger partial charge is 0.454 e. The van der Waals surface area contributed by atoms with Gasteiger partial charge >= 0.3 is 12.4 Å². The van der Waals surface area contributed by atoms with E-state index in [1.54, 1.807) is 0 Å². The van der Waals surface area contributed by atoms with Crippen molar-refractivity contribution in [3.05, 3.63) is 11.6 Å². The lowest BCUT2D eigenvalue weighted by molar-refractivity contribution is -0.165. The van der Waals surface area contributed by atoms with Crippen LogP contribution in [0.25, 0.3) is 0 Å². The van der Waals surface area contributed by atoms with Crippen molar-refractivity contribution in [2.45, 2.75) is 19.3 Å². The van der Waals surface area contributed by atoms with E-state index in [0.29, 0.717) is 6.92 Å². The molecule has 0 heterocycles. The summed E-state index contributed by atoms with van der Waals surface area (Å²) >= 11 is 0. The van der Waals surface area contributed by atoms with E-state index in [4.69, 9.17) is 0 Å². The summed E-state index contributed by atoms with van der Waals surface area (Å²) in [7, 11) is 0. The number of alkyl halides is 6. The minimum absolute atomic E-state index is 0.393. The molecule has 0 unspecified atom stereocenters. The van der Waals surface area contributed by atoms with Crippen molar-refractivity contribution in [3.8, 4) is 0 Å². The lowest BCUT2D eigenvalue weighted by atomic mass is 10.2. The first-order chi connectivity index (χ1) is 5.55. The summed E-state index contributed by atoms with van der Waals surface area (Å²) in [5, 5.41) is 0. The maximum absolute atomic E-state index is 11.6. The second-order valence-electron chi connectivity index (χ2n) is 2.19. The summed E-state index contributed by atoms with van der Waals surface area (Å²) in [6, 6.07) is 0. The average molecular weight is 206 g/mol. The van der Waals surface area contributed by atoms with Gasteiger partial charge in [-0.3, -0.25) is 4.79 Å². The molecule has 0 N–H and O–H groups in total. The smallest absolute Gasteiger partial charge is 0.285 e. The van der Waals surface area contributed by atoms with Gasteiger partial charge in [0.2, 0.25) is 0 Å². The molecule has 0 bridgehead atoms. The van der Waals surface area contributed by atoms with Crippen LogP contribution in [0.1, 0.15) is 6.92 Å². The van der Waals surface area contributed by atoms with Crippen molar-refractivity contribution in [3.63, 3.8) is 0 Å². The van der Waals surface area contributed by atoms with Crippen LogP contribution in [-0.2, 0) is 4.79 Å². The lowest BCUT2D eigenvalue weighted by Gasteiger charge is -2.06. The Morgan fingerprint density at radius 2 is 1.38 bits per heavy atom. The van der Waals surface area contributed by atoms with E-state index < -0.39 is 29.8 Å². The Bertz CT molecular complexity index is 232. The molecule has 0 saturated heterocycles. The number of allylic oxidation sites excluding steroid dienone is 2. The van der Waals surface area contributed by atoms with Crippen LogP contribution in [0.3, 0.4) is 0 Å². The molecule has 0 aromatic rings. The molecule has 1 nitrogen and oxygen atoms in total. The number of carbonyl (C=O) groups is 1. The number of carbonyl (C=O) groups excluding carboxylic acids is 1. The van der Waals surface area contributed by atoms with Gasteiger partial charge in [-0.15, -0.1) is 0 Å². The molecule has 0 aromatic carbocycles. The molecular weight excluding hydrogens is 202 g/mol. The third kappa shape index (κ3) is 3.95. The average Bonchev–Trinajstić information content (AvgIpc) is 1.82. The molecule has 0 atom stereocenters. The Hall–Kier alpha value is -1.01. The summed E-state index contributed by atoms with van der Waals surface area (Å²) in [6.07, 6.45) is -10.6. The number of halogens is 6. The standard InChI is InChI=1S/C6H4F6O/c1-3(5(7,8)9)2-4(13)6(10,11)12/h2H,1H3/b3-2-. The zero-order chi connectivity index (χ0) is 10.9. The van der Waals surface area contributed by atoms with Gasteiger partial charge in [0.25, 0.3) is 5.78 Å². The monoisotopic (exact) mass is 206 g/mol. The maximum atomic E-state index is 11.6. The minimum atomic E-state index is -5.26. The van der Waals surface area contributed by atoms with Crippen molar-refractivity contribution in [1.82, 2.24) is 0 Å². The summed E-state index contributed by atoms with van der Waals surface area (Å²) < 4.78 is 69.1. The van der Waals surface area contributed by atoms with E-state index in [-0.39, 0.29) is 0 Å². The highest BCUT2D eigenvalue weighted by Crippen LogP contribution is 2.26. The molecule has 0 spiro atoms. The molecule has 0 amide bonds. The van der Waals surface area contributed by atoms with Crippen LogP contribution in [0, 0.1) is 0 Å². The predicted octanol–water partition coefficient (Wildman–Crippen LogP) is 2.63. The highest BCUT2D eigenvalue weighted by Gasteiger charge is 2.39. The second-order valence-corrected chi connectivity index (χ2v) is 2.19. The molecule has 0 aliphatic rings. The van der Waals surface area contributed by atoms with Gasteiger partial charge in [0.15, 0.2) is 0 Å². The summed E-state index contributed by atoms with van der Waals surface area (Å²) in [4.78, 5) is 10.0. The number of rotatable bonds is 1. The van der Waals surface area contributed by atoms with Crippen molar-refractivity contribution >= 4 is 5.78 Å². The van der Waals surface area contributed by atoms with Crippen LogP contribution in [-0.4, -0.2) is 18.1 Å². The van der Waals surface area contributed by atoms with Crippen molar-refractivity contribution < 1.29 is 31.1 Å². The second kappa shape index (κ2) is 3.39. The molecular formula is C6H4F6O. The quantitative estimate of drug-likeness (QED) is 0.476. The fourth-order valence-electron chi connectivity index (χ4n) is 0.360. The molecule has 13 heavy (non-hydrogen) atoms. The molecule has 76 valence electrons. The lowest BCUT2D eigenvalue weighted by Crippen LogP contribution is -2.22. The first kappa shape index (κ1) is 12.0. The zero-order valence-corrected chi connectivity index (χ0v) is 6.25. The Labute approximate surface area is 69.0 Å². The normalized spacial score (nSPS) is 14.5. The van der Waals surface area contributed by atoms with Crippen LogP contribution in [0.15, 0.2) is 11.6 Å². The fraction of sp³-hybridized carbons (Fsp3) is 0.500. The van der Waals surface area contributed by atoms with Gasteiger partial charge in [0, 0.05) is 5.57 Å². The van der Waals surface area contributed by atoms with Gasteiger partial charge in [0.05, 0.1) is 0 Å². The Balaban J connectivity index is 4.70. The zero-order valence-electron chi connectivity index (χ0n) is 6.25. The van der Waals surface area contributed by atoms with Gasteiger partial charge in [-0.05, 0) is 13.0 Å². The van der Waals surface area contributed by atoms with E-state index in [0.717, 1.165) is 0 Å². The van der Waals surface area contributed by atoms with E-state index in [2.05, 4.69) is 0 Å². The first-order valence-corrected chi connectivity index (χ1v) is 2.92. The van der Waals surface area contributed by atoms with Gasteiger partial charge in [0.1, 0.15) is 0 Å². The van der Waals surface area contributed by atoms with Crippen LogP contribution in [0.2, 0.25) is 0 Å². The highest BCUT2D eigenvalue weighted by molar-refractivity contribution is 5.95. The number of ketones is 1. The van der Waals surface area contributed by atoms with Crippen LogP contribution >= 0.6 is 0 Å². The fourth-order valence-corrected chi connectivity index (χ4v) is 0.360. The molecule has 0 aromatic heterocycles. The van der Waals surface area contributed by atoms with E-state index >= 15 is 0 Å². The SMILES string of the molecule is C/C(=C/C(=O)C(F)(F)F)C(F)(F)F. The molecule has 0 fully saturated rings. The van der Waals surface area contributed by atoms with Gasteiger partial charge < -0.3 is 0 Å². The molecule has 0 aliphatic heterocycles. The van der Waals surface area contributed by atoms with Gasteiger partial charge in [-0.2, -0.15) is 26.3 Å². The number of hydrogen-bond donors (Lipinski definition) is 0. The Morgan fingerprint density at radius 3 is 1.62 bits per heavy atom. The van der Waals surface area contributed by atoms with Gasteiger partial charge in [-0.1, -0.05) is 0 Å². The topological polar surface area (TPSA) is 17.1 Å². The van der Waals surface area contributed by atoms with E-state index in [1.807, 2.05) is 0 Å². The maximum Gasteiger partial charge on any atom is 0.454 e. The molecule has 7 heteroatoms. The first-order valence-electron chi connectivity index (χ1n) is 2.92. The van der Waals surface area contributed by atoms with Crippen LogP contribution < -0.4 is 0 Å². The highest BCUT2D eigenvalue weighted by atomic mass is 19.4. The molecule has 0 saturated carbocycles. The van der Waals surface area contributed by atoms with Crippen molar-refractivity contribution in [1.29, 1.82) is 0 Å². The van der Waals surface area contributed by atoms with Crippen molar-refractivity contribution in [2.24, 2.45) is 0 Å². The van der Waals surface area contributed by atoms with Gasteiger partial charge in [-0.25, -0.2) is 0 Å². The Kier molecular flexibility index (Phi) is 3.13. The van der Waals surface area contributed by atoms with E-state index in [9.17, 15) is 31.1 Å². The molecule has 0 aliphatic carbocycles. The minimum Gasteiger partial charge on any atom is -0.285 e. The summed E-state index contributed by atoms with van der Waals surface area (Å²) in [5.74, 6) is -2.51. The predicted molar refractivity (Wildman–Crippen MR) is 30.9 cm³/mol. The van der Waals surface area contributed by atoms with Crippen LogP contribution in [0.5, 0.6) is 0 Å².